The molecule has 0 amide bonds. The Kier molecular flexibility index (Phi) is 4.76. The van der Waals surface area contributed by atoms with Crippen LogP contribution in [0.25, 0.3) is 22.6 Å². The Balaban J connectivity index is 1.85. The number of hydrogen-bond acceptors (Lipinski definition) is 5. The molecule has 0 bridgehead atoms. The van der Waals surface area contributed by atoms with Crippen LogP contribution in [-0.4, -0.2) is 32.3 Å². The highest BCUT2D eigenvalue weighted by Crippen LogP contribution is 2.37. The smallest absolute Gasteiger partial charge is 0.335 e. The SMILES string of the molecule is CCOc1cc(/C=C2\CCn3c2nc2cc(C(=O)O)ccc2c3=O)cc(Cl)c1O. The number of fused-ring (bicyclic) bond motifs is 2. The lowest BCUT2D eigenvalue weighted by atomic mass is 10.1. The van der Waals surface area contributed by atoms with E-state index in [0.717, 1.165) is 5.57 Å². The van der Waals surface area contributed by atoms with Crippen LogP contribution in [0, 0.1) is 0 Å². The molecule has 0 atom stereocenters. The second-order valence-electron chi connectivity index (χ2n) is 6.63. The molecule has 29 heavy (non-hydrogen) atoms. The van der Waals surface area contributed by atoms with E-state index >= 15 is 0 Å². The summed E-state index contributed by atoms with van der Waals surface area (Å²) in [5.74, 6) is -0.428. The van der Waals surface area contributed by atoms with Crippen LogP contribution in [-0.2, 0) is 6.54 Å². The van der Waals surface area contributed by atoms with Crippen molar-refractivity contribution in [3.05, 3.63) is 62.7 Å². The number of nitrogens with zero attached hydrogens (tertiary/aromatic N) is 2. The van der Waals surface area contributed by atoms with Crippen molar-refractivity contribution in [3.8, 4) is 11.5 Å². The number of phenols is 1. The van der Waals surface area contributed by atoms with Gasteiger partial charge in [0.05, 0.1) is 28.1 Å². The molecule has 4 rings (SSSR count). The van der Waals surface area contributed by atoms with Crippen molar-refractivity contribution in [1.82, 2.24) is 9.55 Å². The van der Waals surface area contributed by atoms with Crippen molar-refractivity contribution in [2.45, 2.75) is 19.9 Å². The fraction of sp³-hybridized carbons (Fsp3) is 0.190. The van der Waals surface area contributed by atoms with Crippen LogP contribution in [0.3, 0.4) is 0 Å². The van der Waals surface area contributed by atoms with Gasteiger partial charge in [0.1, 0.15) is 5.82 Å². The molecular formula is C21H17ClN2O5. The van der Waals surface area contributed by atoms with Gasteiger partial charge in [-0.05, 0) is 60.9 Å². The Morgan fingerprint density at radius 1 is 1.34 bits per heavy atom. The average Bonchev–Trinajstić information content (AvgIpc) is 3.08. The number of aromatic nitrogens is 2. The largest absolute Gasteiger partial charge is 0.503 e. The number of rotatable bonds is 4. The molecule has 1 aliphatic rings. The number of benzene rings is 2. The summed E-state index contributed by atoms with van der Waals surface area (Å²) < 4.78 is 7.00. The van der Waals surface area contributed by atoms with Crippen molar-refractivity contribution < 1.29 is 19.7 Å². The summed E-state index contributed by atoms with van der Waals surface area (Å²) in [4.78, 5) is 28.6. The van der Waals surface area contributed by atoms with Crippen LogP contribution in [0.1, 0.15) is 35.1 Å². The van der Waals surface area contributed by atoms with E-state index in [9.17, 15) is 19.8 Å². The molecule has 0 aliphatic carbocycles. The first-order valence-corrected chi connectivity index (χ1v) is 9.41. The topological polar surface area (TPSA) is 102 Å². The summed E-state index contributed by atoms with van der Waals surface area (Å²) in [5.41, 5.74) is 1.73. The normalized spacial score (nSPS) is 14.3. The number of hydrogen-bond donors (Lipinski definition) is 2. The third-order valence-electron chi connectivity index (χ3n) is 4.79. The minimum atomic E-state index is -1.08. The molecule has 1 aromatic heterocycles. The van der Waals surface area contributed by atoms with E-state index in [0.29, 0.717) is 41.9 Å². The fourth-order valence-corrected chi connectivity index (χ4v) is 3.65. The van der Waals surface area contributed by atoms with Crippen molar-refractivity contribution in [1.29, 1.82) is 0 Å². The number of carboxylic acids is 1. The van der Waals surface area contributed by atoms with E-state index in [2.05, 4.69) is 4.98 Å². The van der Waals surface area contributed by atoms with Gasteiger partial charge in [-0.3, -0.25) is 9.36 Å². The number of phenolic OH excluding ortho intramolecular Hbond substituents is 1. The Labute approximate surface area is 170 Å². The minimum absolute atomic E-state index is 0.0737. The van der Waals surface area contributed by atoms with Gasteiger partial charge in [0.25, 0.3) is 5.56 Å². The molecule has 0 saturated heterocycles. The lowest BCUT2D eigenvalue weighted by Gasteiger charge is -2.09. The molecule has 8 heteroatoms. The van der Waals surface area contributed by atoms with Crippen LogP contribution in [0.5, 0.6) is 11.5 Å². The van der Waals surface area contributed by atoms with E-state index in [1.54, 1.807) is 23.6 Å². The van der Waals surface area contributed by atoms with Crippen molar-refractivity contribution in [2.24, 2.45) is 0 Å². The van der Waals surface area contributed by atoms with Gasteiger partial charge in [-0.25, -0.2) is 9.78 Å². The maximum absolute atomic E-state index is 12.8. The maximum atomic E-state index is 12.8. The molecule has 2 heterocycles. The quantitative estimate of drug-likeness (QED) is 0.675. The number of aromatic hydroxyl groups is 1. The lowest BCUT2D eigenvalue weighted by Crippen LogP contribution is -2.21. The van der Waals surface area contributed by atoms with Gasteiger partial charge in [-0.2, -0.15) is 0 Å². The molecule has 0 radical (unpaired) electrons. The maximum Gasteiger partial charge on any atom is 0.335 e. The zero-order valence-corrected chi connectivity index (χ0v) is 16.2. The number of allylic oxidation sites excluding steroid dienone is 1. The fourth-order valence-electron chi connectivity index (χ4n) is 3.43. The van der Waals surface area contributed by atoms with Crippen molar-refractivity contribution in [3.63, 3.8) is 0 Å². The molecule has 0 saturated carbocycles. The molecule has 1 aliphatic heterocycles. The second kappa shape index (κ2) is 7.25. The molecule has 0 fully saturated rings. The van der Waals surface area contributed by atoms with Crippen LogP contribution < -0.4 is 10.3 Å². The van der Waals surface area contributed by atoms with Gasteiger partial charge in [-0.1, -0.05) is 11.6 Å². The average molecular weight is 413 g/mol. The van der Waals surface area contributed by atoms with Gasteiger partial charge in [0.2, 0.25) is 0 Å². The predicted octanol–water partition coefficient (Wildman–Crippen LogP) is 3.80. The Bertz CT molecular complexity index is 1250. The number of carbonyl (C=O) groups is 1. The second-order valence-corrected chi connectivity index (χ2v) is 7.04. The monoisotopic (exact) mass is 412 g/mol. The minimum Gasteiger partial charge on any atom is -0.503 e. The third kappa shape index (κ3) is 3.34. The van der Waals surface area contributed by atoms with E-state index in [4.69, 9.17) is 16.3 Å². The summed E-state index contributed by atoms with van der Waals surface area (Å²) in [5, 5.41) is 19.8. The third-order valence-corrected chi connectivity index (χ3v) is 5.07. The zero-order chi connectivity index (χ0) is 20.7. The van der Waals surface area contributed by atoms with Crippen molar-refractivity contribution >= 4 is 40.1 Å². The number of carboxylic acid groups (broad SMARTS) is 1. The Hall–Kier alpha value is -3.32. The Morgan fingerprint density at radius 2 is 2.14 bits per heavy atom. The van der Waals surface area contributed by atoms with Gasteiger partial charge in [-0.15, -0.1) is 0 Å². The molecule has 2 aromatic carbocycles. The molecule has 3 aromatic rings. The number of halogens is 1. The first-order chi connectivity index (χ1) is 13.9. The lowest BCUT2D eigenvalue weighted by molar-refractivity contribution is 0.0697. The van der Waals surface area contributed by atoms with Crippen LogP contribution in [0.15, 0.2) is 35.1 Å². The summed E-state index contributed by atoms with van der Waals surface area (Å²) in [6, 6.07) is 7.58. The summed E-state index contributed by atoms with van der Waals surface area (Å²) >= 11 is 6.11. The van der Waals surface area contributed by atoms with Crippen LogP contribution >= 0.6 is 11.6 Å². The van der Waals surface area contributed by atoms with E-state index in [-0.39, 0.29) is 27.6 Å². The summed E-state index contributed by atoms with van der Waals surface area (Å²) in [6.45, 7) is 2.66. The first kappa shape index (κ1) is 19.0. The van der Waals surface area contributed by atoms with Gasteiger partial charge in [0.15, 0.2) is 11.5 Å². The molecule has 148 valence electrons. The van der Waals surface area contributed by atoms with E-state index in [1.807, 2.05) is 6.08 Å². The van der Waals surface area contributed by atoms with Gasteiger partial charge < -0.3 is 14.9 Å². The van der Waals surface area contributed by atoms with Gasteiger partial charge in [0, 0.05) is 6.54 Å². The molecular weight excluding hydrogens is 396 g/mol. The van der Waals surface area contributed by atoms with Crippen LogP contribution in [0.2, 0.25) is 5.02 Å². The summed E-state index contributed by atoms with van der Waals surface area (Å²) in [7, 11) is 0. The highest BCUT2D eigenvalue weighted by atomic mass is 35.5. The highest BCUT2D eigenvalue weighted by Gasteiger charge is 2.22. The standard InChI is InChI=1S/C21H17ClN2O5/c1-2-29-17-9-11(8-15(22)18(17)25)7-12-5-6-24-19(12)23-16-10-13(21(27)28)3-4-14(16)20(24)26/h3-4,7-10,25H,2,5-6H2,1H3,(H,27,28)/b12-7+. The molecule has 0 unspecified atom stereocenters. The molecule has 7 nitrogen and oxygen atoms in total. The molecule has 0 spiro atoms. The highest BCUT2D eigenvalue weighted by molar-refractivity contribution is 6.32. The van der Waals surface area contributed by atoms with E-state index < -0.39 is 5.97 Å². The van der Waals surface area contributed by atoms with Crippen molar-refractivity contribution in [2.75, 3.05) is 6.61 Å². The Morgan fingerprint density at radius 3 is 2.86 bits per heavy atom. The van der Waals surface area contributed by atoms with Crippen LogP contribution in [0.4, 0.5) is 0 Å². The molecule has 2 N–H and O–H groups in total. The van der Waals surface area contributed by atoms with E-state index in [1.165, 1.54) is 18.2 Å². The summed E-state index contributed by atoms with van der Waals surface area (Å²) in [6.07, 6.45) is 2.43. The zero-order valence-electron chi connectivity index (χ0n) is 15.5. The number of ether oxygens (including phenoxy) is 1. The van der Waals surface area contributed by atoms with Gasteiger partial charge >= 0.3 is 5.97 Å². The number of aromatic carboxylic acids is 1. The first-order valence-electron chi connectivity index (χ1n) is 9.03. The predicted molar refractivity (Wildman–Crippen MR) is 110 cm³/mol.